The third kappa shape index (κ3) is 2.31. The van der Waals surface area contributed by atoms with Crippen molar-refractivity contribution < 1.29 is 4.79 Å². The molecule has 2 heteroatoms. The zero-order valence-electron chi connectivity index (χ0n) is 10.9. The molecule has 1 aliphatic carbocycles. The molecule has 3 rings (SSSR count). The molecule has 0 N–H and O–H groups in total. The minimum Gasteiger partial charge on any atom is -0.330 e. The molecule has 1 aromatic carbocycles. The number of fused-ring (bicyclic) bond motifs is 1. The Balaban J connectivity index is 1.81. The smallest absolute Gasteiger partial charge is 0.254 e. The minimum atomic E-state index is 0.124. The summed E-state index contributed by atoms with van der Waals surface area (Å²) in [6, 6.07) is 7.82. The van der Waals surface area contributed by atoms with Crippen LogP contribution < -0.4 is 0 Å². The molecule has 0 unspecified atom stereocenters. The number of amides is 1. The summed E-state index contributed by atoms with van der Waals surface area (Å²) >= 11 is 0. The molecule has 0 spiro atoms. The average Bonchev–Trinajstić information content (AvgIpc) is 2.58. The third-order valence-electron chi connectivity index (χ3n) is 3.41. The van der Waals surface area contributed by atoms with Crippen molar-refractivity contribution in [3.63, 3.8) is 0 Å². The van der Waals surface area contributed by atoms with Gasteiger partial charge in [0.25, 0.3) is 5.91 Å². The van der Waals surface area contributed by atoms with Gasteiger partial charge in [-0.3, -0.25) is 4.79 Å². The Kier molecular flexibility index (Phi) is 2.94. The topological polar surface area (TPSA) is 20.3 Å². The number of benzene rings is 1. The van der Waals surface area contributed by atoms with Crippen molar-refractivity contribution in [2.24, 2.45) is 0 Å². The molecule has 2 nitrogen and oxygen atoms in total. The standard InChI is InChI=1S/C17H15NO/c1-13-5-4-6-14(10-9-13)11-18-12-15-7-2-3-8-16(15)17(18)19/h2-3,5-10H,11-12H2,1H3. The zero-order chi connectivity index (χ0) is 13.2. The molecular formula is C17H15NO. The van der Waals surface area contributed by atoms with Crippen LogP contribution in [0.5, 0.6) is 0 Å². The molecule has 0 fully saturated rings. The van der Waals surface area contributed by atoms with E-state index in [1.54, 1.807) is 0 Å². The molecule has 0 radical (unpaired) electrons. The zero-order valence-corrected chi connectivity index (χ0v) is 10.9. The van der Waals surface area contributed by atoms with Gasteiger partial charge in [0, 0.05) is 18.7 Å². The first-order valence-corrected chi connectivity index (χ1v) is 6.41. The molecule has 0 aromatic heterocycles. The van der Waals surface area contributed by atoms with Gasteiger partial charge in [-0.15, -0.1) is 5.73 Å². The highest BCUT2D eigenvalue weighted by Gasteiger charge is 2.26. The van der Waals surface area contributed by atoms with Crippen molar-refractivity contribution in [3.05, 3.63) is 76.6 Å². The van der Waals surface area contributed by atoms with Gasteiger partial charge >= 0.3 is 0 Å². The molecule has 94 valence electrons. The second-order valence-electron chi connectivity index (χ2n) is 4.93. The van der Waals surface area contributed by atoms with Crippen LogP contribution in [0.15, 0.2) is 65.4 Å². The van der Waals surface area contributed by atoms with E-state index in [2.05, 4.69) is 17.9 Å². The van der Waals surface area contributed by atoms with Crippen LogP contribution in [-0.2, 0) is 6.54 Å². The molecule has 0 bridgehead atoms. The first kappa shape index (κ1) is 11.8. The summed E-state index contributed by atoms with van der Waals surface area (Å²) < 4.78 is 0. The molecule has 0 saturated heterocycles. The summed E-state index contributed by atoms with van der Waals surface area (Å²) in [6.07, 6.45) is 8.01. The van der Waals surface area contributed by atoms with E-state index in [0.29, 0.717) is 13.1 Å². The van der Waals surface area contributed by atoms with E-state index in [1.807, 2.05) is 48.2 Å². The highest BCUT2D eigenvalue weighted by molar-refractivity contribution is 5.98. The van der Waals surface area contributed by atoms with Crippen molar-refractivity contribution >= 4 is 5.91 Å². The normalized spacial score (nSPS) is 17.1. The number of carbonyl (C=O) groups excluding carboxylic acids is 1. The van der Waals surface area contributed by atoms with Gasteiger partial charge in [-0.05, 0) is 41.9 Å². The lowest BCUT2D eigenvalue weighted by Gasteiger charge is -2.15. The maximum atomic E-state index is 12.3. The van der Waals surface area contributed by atoms with E-state index in [-0.39, 0.29) is 5.91 Å². The fourth-order valence-corrected chi connectivity index (χ4v) is 2.38. The highest BCUT2D eigenvalue weighted by Crippen LogP contribution is 2.23. The highest BCUT2D eigenvalue weighted by atomic mass is 16.2. The first-order valence-electron chi connectivity index (χ1n) is 6.41. The van der Waals surface area contributed by atoms with E-state index in [1.165, 1.54) is 5.57 Å². The number of rotatable bonds is 2. The molecule has 0 atom stereocenters. The first-order chi connectivity index (χ1) is 9.24. The van der Waals surface area contributed by atoms with Crippen molar-refractivity contribution in [1.29, 1.82) is 0 Å². The monoisotopic (exact) mass is 249 g/mol. The van der Waals surface area contributed by atoms with Gasteiger partial charge in [0.1, 0.15) is 0 Å². The predicted octanol–water partition coefficient (Wildman–Crippen LogP) is 3.24. The Morgan fingerprint density at radius 3 is 2.89 bits per heavy atom. The summed E-state index contributed by atoms with van der Waals surface area (Å²) in [7, 11) is 0. The predicted molar refractivity (Wildman–Crippen MR) is 75.7 cm³/mol. The molecule has 19 heavy (non-hydrogen) atoms. The van der Waals surface area contributed by atoms with Crippen LogP contribution in [-0.4, -0.2) is 17.4 Å². The van der Waals surface area contributed by atoms with Crippen molar-refractivity contribution in [2.75, 3.05) is 6.54 Å². The Bertz CT molecular complexity index is 658. The Labute approximate surface area is 113 Å². The van der Waals surface area contributed by atoms with Gasteiger partial charge < -0.3 is 4.90 Å². The van der Waals surface area contributed by atoms with Crippen LogP contribution in [0.2, 0.25) is 0 Å². The Hall–Kier alpha value is -2.31. The molecule has 1 aromatic rings. The van der Waals surface area contributed by atoms with Crippen LogP contribution in [0.1, 0.15) is 22.8 Å². The van der Waals surface area contributed by atoms with E-state index in [4.69, 9.17) is 0 Å². The molecular weight excluding hydrogens is 234 g/mol. The summed E-state index contributed by atoms with van der Waals surface area (Å²) in [5, 5.41) is 0. The largest absolute Gasteiger partial charge is 0.330 e. The van der Waals surface area contributed by atoms with E-state index in [0.717, 1.165) is 16.7 Å². The maximum absolute atomic E-state index is 12.3. The Morgan fingerprint density at radius 1 is 1.21 bits per heavy atom. The number of allylic oxidation sites excluding steroid dienone is 3. The second kappa shape index (κ2) is 4.75. The molecule has 1 aliphatic heterocycles. The molecule has 1 amide bonds. The van der Waals surface area contributed by atoms with E-state index >= 15 is 0 Å². The van der Waals surface area contributed by atoms with Crippen molar-refractivity contribution in [3.8, 4) is 0 Å². The van der Waals surface area contributed by atoms with Crippen LogP contribution in [0.25, 0.3) is 0 Å². The van der Waals surface area contributed by atoms with Crippen LogP contribution in [0.4, 0.5) is 0 Å². The fourth-order valence-electron chi connectivity index (χ4n) is 2.38. The van der Waals surface area contributed by atoms with Gasteiger partial charge in [-0.2, -0.15) is 0 Å². The van der Waals surface area contributed by atoms with Crippen LogP contribution >= 0.6 is 0 Å². The summed E-state index contributed by atoms with van der Waals surface area (Å²) in [4.78, 5) is 14.1. The molecule has 0 saturated carbocycles. The summed E-state index contributed by atoms with van der Waals surface area (Å²) in [5.74, 6) is 0.124. The lowest BCUT2D eigenvalue weighted by Crippen LogP contribution is -2.25. The summed E-state index contributed by atoms with van der Waals surface area (Å²) in [6.45, 7) is 3.38. The molecule has 1 heterocycles. The van der Waals surface area contributed by atoms with Gasteiger partial charge in [0.2, 0.25) is 0 Å². The fraction of sp³-hybridized carbons (Fsp3) is 0.176. The van der Waals surface area contributed by atoms with Crippen LogP contribution in [0.3, 0.4) is 0 Å². The lowest BCUT2D eigenvalue weighted by molar-refractivity contribution is 0.0793. The Morgan fingerprint density at radius 2 is 2.05 bits per heavy atom. The SMILES string of the molecule is CC1=CC=C(CN2Cc3ccccc3C2=O)C=C=C1. The average molecular weight is 249 g/mol. The second-order valence-corrected chi connectivity index (χ2v) is 4.93. The third-order valence-corrected chi connectivity index (χ3v) is 3.41. The van der Waals surface area contributed by atoms with Gasteiger partial charge in [0.15, 0.2) is 0 Å². The summed E-state index contributed by atoms with van der Waals surface area (Å²) in [5.41, 5.74) is 7.36. The number of hydrogen-bond acceptors (Lipinski definition) is 1. The number of nitrogens with zero attached hydrogens (tertiary/aromatic N) is 1. The lowest BCUT2D eigenvalue weighted by atomic mass is 10.1. The quantitative estimate of drug-likeness (QED) is 0.737. The van der Waals surface area contributed by atoms with Gasteiger partial charge in [-0.1, -0.05) is 30.4 Å². The maximum Gasteiger partial charge on any atom is 0.254 e. The van der Waals surface area contributed by atoms with Crippen molar-refractivity contribution in [2.45, 2.75) is 13.5 Å². The van der Waals surface area contributed by atoms with E-state index < -0.39 is 0 Å². The van der Waals surface area contributed by atoms with Crippen molar-refractivity contribution in [1.82, 2.24) is 4.90 Å². The number of hydrogen-bond donors (Lipinski definition) is 0. The van der Waals surface area contributed by atoms with Gasteiger partial charge in [-0.25, -0.2) is 0 Å². The minimum absolute atomic E-state index is 0.124. The molecule has 2 aliphatic rings. The van der Waals surface area contributed by atoms with E-state index in [9.17, 15) is 4.79 Å². The van der Waals surface area contributed by atoms with Crippen LogP contribution in [0, 0.1) is 0 Å². The van der Waals surface area contributed by atoms with Gasteiger partial charge in [0.05, 0.1) is 0 Å². The number of carbonyl (C=O) groups is 1.